The second kappa shape index (κ2) is 8.13. The van der Waals surface area contributed by atoms with E-state index >= 15 is 0 Å². The predicted molar refractivity (Wildman–Crippen MR) is 106 cm³/mol. The van der Waals surface area contributed by atoms with E-state index in [9.17, 15) is 14.7 Å². The quantitative estimate of drug-likeness (QED) is 0.677. The summed E-state index contributed by atoms with van der Waals surface area (Å²) in [6, 6.07) is 8.52. The molecule has 29 heavy (non-hydrogen) atoms. The molecule has 1 atom stereocenters. The molecule has 1 unspecified atom stereocenters. The summed E-state index contributed by atoms with van der Waals surface area (Å²) in [4.78, 5) is 21.5. The number of hydrogen-bond acceptors (Lipinski definition) is 5. The molecule has 1 aliphatic carbocycles. The summed E-state index contributed by atoms with van der Waals surface area (Å²) in [7, 11) is 2.19. The number of carboxylic acids is 2. The maximum Gasteiger partial charge on any atom is 0.328 e. The second-order valence-electron chi connectivity index (χ2n) is 7.61. The lowest BCUT2D eigenvalue weighted by atomic mass is 9.80. The van der Waals surface area contributed by atoms with Crippen molar-refractivity contribution in [2.24, 2.45) is 0 Å². The van der Waals surface area contributed by atoms with Crippen molar-refractivity contribution < 1.29 is 29.3 Å². The van der Waals surface area contributed by atoms with Crippen molar-refractivity contribution in [3.8, 4) is 5.75 Å². The van der Waals surface area contributed by atoms with Crippen LogP contribution in [0.2, 0.25) is 0 Å². The molecule has 1 aromatic heterocycles. The highest BCUT2D eigenvalue weighted by Gasteiger charge is 2.56. The highest BCUT2D eigenvalue weighted by molar-refractivity contribution is 5.89. The Morgan fingerprint density at radius 2 is 1.86 bits per heavy atom. The van der Waals surface area contributed by atoms with Gasteiger partial charge >= 0.3 is 11.9 Å². The van der Waals surface area contributed by atoms with Crippen molar-refractivity contribution in [1.29, 1.82) is 0 Å². The number of carboxylic acid groups (broad SMARTS) is 2. The maximum absolute atomic E-state index is 10.2. The third kappa shape index (κ3) is 4.35. The summed E-state index contributed by atoms with van der Waals surface area (Å²) >= 11 is 0. The number of hydrogen-bond donors (Lipinski definition) is 3. The molecule has 3 N–H and O–H groups in total. The Morgan fingerprint density at radius 3 is 2.38 bits per heavy atom. The van der Waals surface area contributed by atoms with E-state index in [2.05, 4.69) is 24.1 Å². The molecule has 7 nitrogen and oxygen atoms in total. The Hall–Kier alpha value is -3.06. The minimum absolute atomic E-state index is 0.0924. The number of aliphatic carboxylic acids is 2. The summed E-state index contributed by atoms with van der Waals surface area (Å²) in [6.07, 6.45) is 6.25. The van der Waals surface area contributed by atoms with Gasteiger partial charge in [0.05, 0.1) is 6.26 Å². The Bertz CT molecular complexity index is 911. The molecule has 0 radical (unpaired) electrons. The van der Waals surface area contributed by atoms with Crippen molar-refractivity contribution in [1.82, 2.24) is 4.90 Å². The van der Waals surface area contributed by atoms with Gasteiger partial charge in [-0.05, 0) is 68.1 Å². The lowest BCUT2D eigenvalue weighted by Crippen LogP contribution is -2.39. The number of phenolic OH excluding ortho intramolecular Hbond substituents is 1. The van der Waals surface area contributed by atoms with Gasteiger partial charge in [0.25, 0.3) is 0 Å². The smallest absolute Gasteiger partial charge is 0.328 e. The first-order chi connectivity index (χ1) is 13.7. The molecule has 0 bridgehead atoms. The van der Waals surface area contributed by atoms with Crippen molar-refractivity contribution in [2.75, 3.05) is 13.6 Å². The minimum atomic E-state index is -1.26. The van der Waals surface area contributed by atoms with E-state index in [-0.39, 0.29) is 5.41 Å². The zero-order valence-electron chi connectivity index (χ0n) is 16.5. The van der Waals surface area contributed by atoms with Crippen LogP contribution in [0.15, 0.2) is 47.1 Å². The van der Waals surface area contributed by atoms with E-state index in [1.54, 1.807) is 6.26 Å². The number of carbonyl (C=O) groups is 2. The number of benzene rings is 1. The third-order valence-electron chi connectivity index (χ3n) is 5.62. The third-order valence-corrected chi connectivity index (χ3v) is 5.62. The van der Waals surface area contributed by atoms with Gasteiger partial charge in [0.15, 0.2) is 0 Å². The molecule has 2 aliphatic rings. The van der Waals surface area contributed by atoms with Crippen molar-refractivity contribution in [3.05, 3.63) is 65.1 Å². The van der Waals surface area contributed by atoms with Crippen molar-refractivity contribution >= 4 is 11.9 Å². The monoisotopic (exact) mass is 399 g/mol. The molecule has 1 aliphatic heterocycles. The molecule has 0 saturated heterocycles. The molecular weight excluding hydrogens is 374 g/mol. The summed E-state index contributed by atoms with van der Waals surface area (Å²) in [6.45, 7) is 3.03. The fourth-order valence-electron chi connectivity index (χ4n) is 4.12. The first-order valence-electron chi connectivity index (χ1n) is 9.45. The molecule has 1 saturated carbocycles. The topological polar surface area (TPSA) is 111 Å². The first kappa shape index (κ1) is 20.7. The van der Waals surface area contributed by atoms with Crippen LogP contribution in [0.3, 0.4) is 0 Å². The molecule has 0 amide bonds. The largest absolute Gasteiger partial charge is 0.508 e. The summed E-state index contributed by atoms with van der Waals surface area (Å²) in [5.74, 6) is -1.02. The zero-order chi connectivity index (χ0) is 21.2. The molecular formula is C22H25NO6. The number of furan rings is 1. The number of aryl methyl sites for hydroxylation is 1. The fourth-order valence-corrected chi connectivity index (χ4v) is 4.12. The van der Waals surface area contributed by atoms with Crippen LogP contribution in [0, 0.1) is 6.92 Å². The van der Waals surface area contributed by atoms with Gasteiger partial charge in [-0.3, -0.25) is 4.90 Å². The Morgan fingerprint density at radius 1 is 1.21 bits per heavy atom. The molecule has 1 aromatic carbocycles. The molecule has 4 rings (SSSR count). The van der Waals surface area contributed by atoms with Crippen LogP contribution in [0.4, 0.5) is 0 Å². The van der Waals surface area contributed by atoms with E-state index < -0.39 is 11.9 Å². The van der Waals surface area contributed by atoms with Gasteiger partial charge in [-0.15, -0.1) is 0 Å². The average Bonchev–Trinajstić information content (AvgIpc) is 3.25. The average molecular weight is 399 g/mol. The first-order valence-corrected chi connectivity index (χ1v) is 9.45. The van der Waals surface area contributed by atoms with E-state index in [4.69, 9.17) is 14.6 Å². The molecule has 2 aromatic rings. The number of rotatable bonds is 4. The van der Waals surface area contributed by atoms with Crippen LogP contribution < -0.4 is 0 Å². The van der Waals surface area contributed by atoms with Gasteiger partial charge in [-0.25, -0.2) is 9.59 Å². The zero-order valence-corrected chi connectivity index (χ0v) is 16.5. The van der Waals surface area contributed by atoms with E-state index in [0.29, 0.717) is 23.9 Å². The van der Waals surface area contributed by atoms with E-state index in [0.717, 1.165) is 37.1 Å². The van der Waals surface area contributed by atoms with Gasteiger partial charge in [0.2, 0.25) is 0 Å². The Labute approximate surface area is 168 Å². The van der Waals surface area contributed by atoms with Gasteiger partial charge in [-0.1, -0.05) is 6.07 Å². The van der Waals surface area contributed by atoms with E-state index in [1.807, 2.05) is 19.1 Å². The van der Waals surface area contributed by atoms with Crippen LogP contribution in [-0.4, -0.2) is 45.8 Å². The predicted octanol–water partition coefficient (Wildman–Crippen LogP) is 3.27. The normalized spacial score (nSPS) is 19.9. The summed E-state index contributed by atoms with van der Waals surface area (Å²) in [5.41, 5.74) is 3.72. The van der Waals surface area contributed by atoms with Crippen molar-refractivity contribution in [3.63, 3.8) is 0 Å². The van der Waals surface area contributed by atoms with Crippen molar-refractivity contribution in [2.45, 2.75) is 37.6 Å². The van der Waals surface area contributed by atoms with Gasteiger partial charge < -0.3 is 19.7 Å². The second-order valence-corrected chi connectivity index (χ2v) is 7.61. The minimum Gasteiger partial charge on any atom is -0.508 e. The van der Waals surface area contributed by atoms with Gasteiger partial charge in [-0.2, -0.15) is 0 Å². The Kier molecular flexibility index (Phi) is 5.79. The SMILES string of the molecule is Cc1cc2c(cc1O)C(C1(c3ccco3)CC1)N(C)CC2.O=C(O)C=CC(=O)O. The number of likely N-dealkylation sites (N-methyl/N-ethyl adjacent to an activating group) is 1. The Balaban J connectivity index is 0.000000258. The van der Waals surface area contributed by atoms with Gasteiger partial charge in [0.1, 0.15) is 11.5 Å². The number of fused-ring (bicyclic) bond motifs is 1. The number of phenols is 1. The number of nitrogens with zero attached hydrogens (tertiary/aromatic N) is 1. The van der Waals surface area contributed by atoms with Crippen LogP contribution in [0.5, 0.6) is 5.75 Å². The fraction of sp³-hybridized carbons (Fsp3) is 0.364. The molecule has 154 valence electrons. The van der Waals surface area contributed by atoms with Crippen LogP contribution in [0.25, 0.3) is 0 Å². The van der Waals surface area contributed by atoms with E-state index in [1.165, 1.54) is 11.1 Å². The molecule has 0 spiro atoms. The maximum atomic E-state index is 10.2. The molecule has 2 heterocycles. The molecule has 1 fully saturated rings. The lowest BCUT2D eigenvalue weighted by Gasteiger charge is -2.39. The summed E-state index contributed by atoms with van der Waals surface area (Å²) < 4.78 is 5.74. The van der Waals surface area contributed by atoms with Gasteiger partial charge in [0, 0.05) is 30.2 Å². The van der Waals surface area contributed by atoms with Crippen LogP contribution in [0.1, 0.15) is 41.3 Å². The number of aromatic hydroxyl groups is 1. The molecule has 7 heteroatoms. The standard InChI is InChI=1S/C18H21NO2.C4H4O4/c1-12-10-13-5-8-19(2)17(14(13)11-15(12)20)18(6-7-18)16-4-3-9-21-16;5-3(6)1-2-4(7)8/h3-4,9-11,17,20H,5-8H2,1-2H3;1-2H,(H,5,6)(H,7,8). The lowest BCUT2D eigenvalue weighted by molar-refractivity contribution is -0.134. The van der Waals surface area contributed by atoms with Crippen LogP contribution in [-0.2, 0) is 21.4 Å². The summed E-state index contributed by atoms with van der Waals surface area (Å²) in [5, 5.41) is 25.8. The van der Waals surface area contributed by atoms with Crippen LogP contribution >= 0.6 is 0 Å². The highest BCUT2D eigenvalue weighted by atomic mass is 16.4. The highest BCUT2D eigenvalue weighted by Crippen LogP contribution is 2.60.